The first-order valence-electron chi connectivity index (χ1n) is 11.1. The summed E-state index contributed by atoms with van der Waals surface area (Å²) >= 11 is 1.67. The Morgan fingerprint density at radius 1 is 1.24 bits per heavy atom. The highest BCUT2D eigenvalue weighted by Crippen LogP contribution is 2.45. The van der Waals surface area contributed by atoms with Crippen LogP contribution in [0.5, 0.6) is 0 Å². The summed E-state index contributed by atoms with van der Waals surface area (Å²) in [5, 5.41) is 9.51. The zero-order chi connectivity index (χ0) is 19.4. The van der Waals surface area contributed by atoms with Crippen LogP contribution in [0.3, 0.4) is 0 Å². The zero-order valence-electron chi connectivity index (χ0n) is 16.7. The molecule has 1 amide bonds. The lowest BCUT2D eigenvalue weighted by Gasteiger charge is -2.54. The number of nitrogens with zero attached hydrogens (tertiary/aromatic N) is 3. The molecule has 5 nitrogen and oxygen atoms in total. The van der Waals surface area contributed by atoms with E-state index in [1.54, 1.807) is 11.3 Å². The van der Waals surface area contributed by atoms with Gasteiger partial charge in [0.1, 0.15) is 0 Å². The molecule has 0 radical (unpaired) electrons. The Bertz CT molecular complexity index is 933. The minimum atomic E-state index is 0.0962. The summed E-state index contributed by atoms with van der Waals surface area (Å²) in [6, 6.07) is 7.04. The molecule has 0 spiro atoms. The number of nitrogens with one attached hydrogen (secondary N) is 1. The zero-order valence-corrected chi connectivity index (χ0v) is 17.5. The number of hydrogen-bond acceptors (Lipinski definition) is 4. The van der Waals surface area contributed by atoms with Gasteiger partial charge < -0.3 is 4.90 Å². The minimum absolute atomic E-state index is 0.0962. The van der Waals surface area contributed by atoms with Crippen molar-refractivity contribution in [2.75, 3.05) is 19.6 Å². The molecule has 29 heavy (non-hydrogen) atoms. The van der Waals surface area contributed by atoms with Gasteiger partial charge in [0.15, 0.2) is 5.69 Å². The average molecular weight is 409 g/mol. The van der Waals surface area contributed by atoms with Crippen molar-refractivity contribution in [3.63, 3.8) is 0 Å². The van der Waals surface area contributed by atoms with Gasteiger partial charge in [0.25, 0.3) is 5.91 Å². The lowest BCUT2D eigenvalue weighted by molar-refractivity contribution is 0.00131. The first kappa shape index (κ1) is 17.9. The molecule has 0 saturated carbocycles. The van der Waals surface area contributed by atoms with Gasteiger partial charge in [-0.3, -0.25) is 14.8 Å². The molecule has 1 aliphatic carbocycles. The van der Waals surface area contributed by atoms with Gasteiger partial charge in [-0.25, -0.2) is 0 Å². The molecule has 3 fully saturated rings. The Morgan fingerprint density at radius 2 is 2.21 bits per heavy atom. The van der Waals surface area contributed by atoms with Crippen LogP contribution in [0.15, 0.2) is 35.2 Å². The van der Waals surface area contributed by atoms with Crippen molar-refractivity contribution in [2.45, 2.75) is 50.6 Å². The summed E-state index contributed by atoms with van der Waals surface area (Å²) in [4.78, 5) is 19.5. The van der Waals surface area contributed by atoms with Crippen LogP contribution >= 0.6 is 11.3 Å². The summed E-state index contributed by atoms with van der Waals surface area (Å²) in [5.41, 5.74) is 3.03. The summed E-state index contributed by atoms with van der Waals surface area (Å²) in [6.45, 7) is 3.26. The third-order valence-electron chi connectivity index (χ3n) is 7.50. The van der Waals surface area contributed by atoms with E-state index >= 15 is 0 Å². The number of aromatic amines is 1. The molecule has 152 valence electrons. The summed E-state index contributed by atoms with van der Waals surface area (Å²) in [7, 11) is 0. The Balaban J connectivity index is 1.29. The van der Waals surface area contributed by atoms with Gasteiger partial charge in [-0.1, -0.05) is 24.1 Å². The summed E-state index contributed by atoms with van der Waals surface area (Å²) in [5.74, 6) is 1.37. The molecule has 0 unspecified atom stereocenters. The number of fused-ring (bicyclic) bond motifs is 6. The number of thiophene rings is 1. The maximum absolute atomic E-state index is 13.5. The van der Waals surface area contributed by atoms with Crippen LogP contribution in [0, 0.1) is 11.8 Å². The predicted octanol–water partition coefficient (Wildman–Crippen LogP) is 4.17. The van der Waals surface area contributed by atoms with E-state index in [4.69, 9.17) is 0 Å². The maximum Gasteiger partial charge on any atom is 0.274 e. The fourth-order valence-electron chi connectivity index (χ4n) is 6.34. The minimum Gasteiger partial charge on any atom is -0.330 e. The Morgan fingerprint density at radius 3 is 3.10 bits per heavy atom. The Hall–Kier alpha value is -1.92. The number of aromatic nitrogens is 2. The van der Waals surface area contributed by atoms with E-state index in [1.165, 1.54) is 37.8 Å². The number of rotatable bonds is 2. The van der Waals surface area contributed by atoms with Crippen LogP contribution in [0.25, 0.3) is 10.6 Å². The number of hydrogen-bond donors (Lipinski definition) is 1. The van der Waals surface area contributed by atoms with Gasteiger partial charge in [-0.2, -0.15) is 5.10 Å². The third kappa shape index (κ3) is 2.99. The second kappa shape index (κ2) is 7.10. The molecular weight excluding hydrogens is 380 g/mol. The summed E-state index contributed by atoms with van der Waals surface area (Å²) in [6.07, 6.45) is 10.1. The molecule has 1 N–H and O–H groups in total. The van der Waals surface area contributed by atoms with E-state index in [-0.39, 0.29) is 11.9 Å². The highest BCUT2D eigenvalue weighted by atomic mass is 32.1. The molecule has 2 bridgehead atoms. The molecule has 2 aromatic heterocycles. The van der Waals surface area contributed by atoms with Crippen LogP contribution < -0.4 is 0 Å². The molecule has 4 aliphatic rings. The quantitative estimate of drug-likeness (QED) is 0.759. The second-order valence-electron chi connectivity index (χ2n) is 9.15. The van der Waals surface area contributed by atoms with Crippen molar-refractivity contribution in [1.82, 2.24) is 20.0 Å². The number of amides is 1. The molecule has 3 saturated heterocycles. The molecular formula is C23H28N4OS. The molecule has 0 aromatic carbocycles. The van der Waals surface area contributed by atoms with Crippen molar-refractivity contribution in [2.24, 2.45) is 11.8 Å². The number of likely N-dealkylation sites (tertiary alicyclic amines) is 1. The van der Waals surface area contributed by atoms with Gasteiger partial charge >= 0.3 is 0 Å². The standard InChI is InChI=1S/C23H28N4OS/c28-23(19-13-18(24-25-19)21-7-4-10-29-21)27-9-3-5-15-11-16-12-17(22(15)27)14-26-8-2-1-6-20(16)26/h4,7,10-11,13,16-17,20,22H,1-3,5-6,8-9,12,14H2,(H,24,25)/t16-,17+,20-,22+/m0/s1. The average Bonchev–Trinajstić information content (AvgIpc) is 3.45. The first-order chi connectivity index (χ1) is 14.3. The van der Waals surface area contributed by atoms with Crippen molar-refractivity contribution < 1.29 is 4.79 Å². The molecule has 3 aliphatic heterocycles. The molecule has 6 rings (SSSR count). The monoisotopic (exact) mass is 408 g/mol. The second-order valence-corrected chi connectivity index (χ2v) is 10.1. The fourth-order valence-corrected chi connectivity index (χ4v) is 7.03. The maximum atomic E-state index is 13.5. The highest BCUT2D eigenvalue weighted by molar-refractivity contribution is 7.13. The van der Waals surface area contributed by atoms with E-state index in [1.807, 2.05) is 12.1 Å². The van der Waals surface area contributed by atoms with Gasteiger partial charge in [0.2, 0.25) is 0 Å². The summed E-state index contributed by atoms with van der Waals surface area (Å²) < 4.78 is 0. The van der Waals surface area contributed by atoms with Crippen molar-refractivity contribution in [3.8, 4) is 10.6 Å². The van der Waals surface area contributed by atoms with Crippen LogP contribution in [-0.4, -0.2) is 57.6 Å². The van der Waals surface area contributed by atoms with Crippen LogP contribution in [0.2, 0.25) is 0 Å². The van der Waals surface area contributed by atoms with E-state index in [9.17, 15) is 4.79 Å². The lowest BCUT2D eigenvalue weighted by atomic mass is 9.68. The van der Waals surface area contributed by atoms with E-state index in [2.05, 4.69) is 37.5 Å². The van der Waals surface area contributed by atoms with Gasteiger partial charge in [-0.15, -0.1) is 11.3 Å². The molecule has 5 heterocycles. The first-order valence-corrected chi connectivity index (χ1v) is 12.0. The lowest BCUT2D eigenvalue weighted by Crippen LogP contribution is -2.60. The normalized spacial score (nSPS) is 31.7. The SMILES string of the molecule is O=C(c1cc(-c2cccs2)[nH]n1)N1CCCC2=C[C@H]3C[C@H](CN4CCCC[C@@H]34)[C@@H]21. The van der Waals surface area contributed by atoms with E-state index in [0.717, 1.165) is 42.5 Å². The topological polar surface area (TPSA) is 52.2 Å². The highest BCUT2D eigenvalue weighted by Gasteiger charge is 2.47. The number of carbonyl (C=O) groups is 1. The third-order valence-corrected chi connectivity index (χ3v) is 8.40. The number of H-pyrrole nitrogens is 1. The van der Waals surface area contributed by atoms with E-state index < -0.39 is 0 Å². The predicted molar refractivity (Wildman–Crippen MR) is 115 cm³/mol. The van der Waals surface area contributed by atoms with Crippen LogP contribution in [0.1, 0.15) is 49.0 Å². The Kier molecular flexibility index (Phi) is 4.38. The molecule has 4 atom stereocenters. The van der Waals surface area contributed by atoms with Crippen LogP contribution in [-0.2, 0) is 0 Å². The van der Waals surface area contributed by atoms with Gasteiger partial charge in [0, 0.05) is 19.1 Å². The Labute approximate surface area is 175 Å². The smallest absolute Gasteiger partial charge is 0.274 e. The van der Waals surface area contributed by atoms with Gasteiger partial charge in [0.05, 0.1) is 16.6 Å². The number of piperidine rings is 3. The van der Waals surface area contributed by atoms with Gasteiger partial charge in [-0.05, 0) is 68.0 Å². The van der Waals surface area contributed by atoms with Crippen molar-refractivity contribution in [3.05, 3.63) is 40.9 Å². The molecule has 2 aromatic rings. The largest absolute Gasteiger partial charge is 0.330 e. The fraction of sp³-hybridized carbons (Fsp3) is 0.565. The van der Waals surface area contributed by atoms with E-state index in [0.29, 0.717) is 17.5 Å². The molecule has 6 heteroatoms. The van der Waals surface area contributed by atoms with Crippen molar-refractivity contribution >= 4 is 17.2 Å². The van der Waals surface area contributed by atoms with Crippen LogP contribution in [0.4, 0.5) is 0 Å². The van der Waals surface area contributed by atoms with Crippen molar-refractivity contribution in [1.29, 1.82) is 0 Å². The number of carbonyl (C=O) groups excluding carboxylic acids is 1.